The molecule has 124 valence electrons. The first-order chi connectivity index (χ1) is 11.6. The van der Waals surface area contributed by atoms with Crippen LogP contribution >= 0.6 is 22.7 Å². The lowest BCUT2D eigenvalue weighted by Crippen LogP contribution is -2.35. The largest absolute Gasteiger partial charge is 0.332 e. The molecule has 7 heteroatoms. The normalized spacial score (nSPS) is 17.7. The van der Waals surface area contributed by atoms with Crippen molar-refractivity contribution in [3.8, 4) is 0 Å². The molecule has 1 amide bonds. The van der Waals surface area contributed by atoms with Crippen molar-refractivity contribution >= 4 is 38.8 Å². The second kappa shape index (κ2) is 6.14. The number of fused-ring (bicyclic) bond motifs is 1. The molecule has 1 aliphatic rings. The maximum Gasteiger partial charge on any atom is 0.307 e. The number of hydrogen-bond donors (Lipinski definition) is 0. The number of amides is 1. The number of benzene rings is 1. The van der Waals surface area contributed by atoms with E-state index in [-0.39, 0.29) is 23.4 Å². The van der Waals surface area contributed by atoms with Crippen LogP contribution in [0.25, 0.3) is 10.2 Å². The third-order valence-corrected chi connectivity index (χ3v) is 6.46. The number of aromatic nitrogens is 2. The fraction of sp³-hybridized carbons (Fsp3) is 0.353. The lowest BCUT2D eigenvalue weighted by Gasteiger charge is -2.23. The molecule has 0 bridgehead atoms. The highest BCUT2D eigenvalue weighted by molar-refractivity contribution is 7.18. The number of hydrogen-bond acceptors (Lipinski definition) is 5. The van der Waals surface area contributed by atoms with Gasteiger partial charge in [0.1, 0.15) is 11.6 Å². The van der Waals surface area contributed by atoms with Gasteiger partial charge in [0.15, 0.2) is 0 Å². The van der Waals surface area contributed by atoms with E-state index in [4.69, 9.17) is 4.98 Å². The van der Waals surface area contributed by atoms with Crippen LogP contribution in [0.2, 0.25) is 0 Å². The van der Waals surface area contributed by atoms with Gasteiger partial charge in [-0.25, -0.2) is 4.98 Å². The second-order valence-electron chi connectivity index (χ2n) is 5.99. The lowest BCUT2D eigenvalue weighted by molar-refractivity contribution is -0.132. The van der Waals surface area contributed by atoms with Crippen molar-refractivity contribution < 1.29 is 4.79 Å². The molecule has 1 atom stereocenters. The number of thiazole rings is 2. The molecule has 0 aliphatic carbocycles. The minimum absolute atomic E-state index is 0.000330. The third kappa shape index (κ3) is 2.67. The fourth-order valence-corrected chi connectivity index (χ4v) is 5.03. The molecule has 24 heavy (non-hydrogen) atoms. The quantitative estimate of drug-likeness (QED) is 0.722. The van der Waals surface area contributed by atoms with E-state index >= 15 is 0 Å². The summed E-state index contributed by atoms with van der Waals surface area (Å²) >= 11 is 2.80. The molecule has 0 radical (unpaired) electrons. The smallest absolute Gasteiger partial charge is 0.307 e. The van der Waals surface area contributed by atoms with Crippen molar-refractivity contribution in [3.05, 3.63) is 50.0 Å². The molecule has 1 aromatic carbocycles. The predicted octanol–water partition coefficient (Wildman–Crippen LogP) is 3.19. The number of likely N-dealkylation sites (tertiary alicyclic amines) is 1. The van der Waals surface area contributed by atoms with Gasteiger partial charge in [-0.05, 0) is 31.9 Å². The van der Waals surface area contributed by atoms with Crippen LogP contribution < -0.4 is 4.87 Å². The first-order valence-electron chi connectivity index (χ1n) is 7.93. The first-order valence-corrected chi connectivity index (χ1v) is 9.63. The van der Waals surface area contributed by atoms with E-state index in [2.05, 4.69) is 6.07 Å². The van der Waals surface area contributed by atoms with E-state index < -0.39 is 0 Å². The molecule has 3 heterocycles. The van der Waals surface area contributed by atoms with Crippen LogP contribution in [0, 0.1) is 6.92 Å². The Morgan fingerprint density at radius 3 is 2.96 bits per heavy atom. The average molecular weight is 359 g/mol. The van der Waals surface area contributed by atoms with E-state index in [1.165, 1.54) is 0 Å². The Morgan fingerprint density at radius 2 is 2.21 bits per heavy atom. The summed E-state index contributed by atoms with van der Waals surface area (Å²) in [6.07, 6.45) is 1.91. The lowest BCUT2D eigenvalue weighted by atomic mass is 10.2. The molecule has 5 nitrogen and oxygen atoms in total. The molecule has 1 saturated heterocycles. The zero-order valence-corrected chi connectivity index (χ0v) is 14.9. The summed E-state index contributed by atoms with van der Waals surface area (Å²) in [7, 11) is 0. The molecule has 0 saturated carbocycles. The summed E-state index contributed by atoms with van der Waals surface area (Å²) in [5.41, 5.74) is 1.83. The Hall–Kier alpha value is -1.99. The van der Waals surface area contributed by atoms with Crippen LogP contribution in [0.1, 0.15) is 29.6 Å². The van der Waals surface area contributed by atoms with Crippen molar-refractivity contribution in [3.63, 3.8) is 0 Å². The van der Waals surface area contributed by atoms with E-state index in [9.17, 15) is 9.59 Å². The Balaban J connectivity index is 1.60. The van der Waals surface area contributed by atoms with Gasteiger partial charge in [0.25, 0.3) is 0 Å². The van der Waals surface area contributed by atoms with Crippen molar-refractivity contribution in [2.24, 2.45) is 0 Å². The molecule has 1 unspecified atom stereocenters. The molecular formula is C17H17N3O2S2. The molecule has 1 aliphatic heterocycles. The first kappa shape index (κ1) is 15.5. The summed E-state index contributed by atoms with van der Waals surface area (Å²) in [6, 6.07) is 8.09. The topological polar surface area (TPSA) is 55.2 Å². The monoisotopic (exact) mass is 359 g/mol. The number of nitrogens with zero attached hydrogens (tertiary/aromatic N) is 3. The number of rotatable bonds is 3. The molecule has 4 rings (SSSR count). The van der Waals surface area contributed by atoms with E-state index in [0.29, 0.717) is 0 Å². The minimum atomic E-state index is -0.0726. The third-order valence-electron chi connectivity index (χ3n) is 4.44. The van der Waals surface area contributed by atoms with Crippen LogP contribution in [0.15, 0.2) is 34.4 Å². The van der Waals surface area contributed by atoms with Gasteiger partial charge in [0, 0.05) is 17.6 Å². The zero-order valence-electron chi connectivity index (χ0n) is 13.3. The van der Waals surface area contributed by atoms with Gasteiger partial charge in [0.05, 0.1) is 16.3 Å². The highest BCUT2D eigenvalue weighted by atomic mass is 32.1. The van der Waals surface area contributed by atoms with Crippen molar-refractivity contribution in [1.82, 2.24) is 14.5 Å². The molecular weight excluding hydrogens is 342 g/mol. The zero-order chi connectivity index (χ0) is 16.7. The highest BCUT2D eigenvalue weighted by Crippen LogP contribution is 2.36. The van der Waals surface area contributed by atoms with Crippen LogP contribution in [-0.2, 0) is 11.3 Å². The Bertz CT molecular complexity index is 923. The molecule has 3 aromatic rings. The minimum Gasteiger partial charge on any atom is -0.332 e. The number of carbonyl (C=O) groups excluding carboxylic acids is 1. The standard InChI is InChI=1S/C17H17N3O2S2/c1-11-10-23-17(22)20(11)9-15(21)19-8-4-6-13(19)16-18-12-5-2-3-7-14(12)24-16/h2-3,5,7,10,13H,4,6,8-9H2,1H3. The van der Waals surface area contributed by atoms with Crippen molar-refractivity contribution in [2.75, 3.05) is 6.54 Å². The average Bonchev–Trinajstić information content (AvgIpc) is 3.28. The van der Waals surface area contributed by atoms with E-state index in [1.807, 2.05) is 30.0 Å². The highest BCUT2D eigenvalue weighted by Gasteiger charge is 2.32. The van der Waals surface area contributed by atoms with Crippen molar-refractivity contribution in [1.29, 1.82) is 0 Å². The molecule has 1 fully saturated rings. The van der Waals surface area contributed by atoms with Gasteiger partial charge in [-0.1, -0.05) is 23.5 Å². The van der Waals surface area contributed by atoms with E-state index in [1.54, 1.807) is 21.3 Å². The van der Waals surface area contributed by atoms with Gasteiger partial charge in [-0.2, -0.15) is 0 Å². The van der Waals surface area contributed by atoms with Gasteiger partial charge < -0.3 is 4.90 Å². The van der Waals surface area contributed by atoms with Crippen LogP contribution in [0.5, 0.6) is 0 Å². The van der Waals surface area contributed by atoms with Crippen LogP contribution in [-0.4, -0.2) is 26.9 Å². The summed E-state index contributed by atoms with van der Waals surface area (Å²) in [4.78, 5) is 31.2. The summed E-state index contributed by atoms with van der Waals surface area (Å²) < 4.78 is 2.71. The van der Waals surface area contributed by atoms with Gasteiger partial charge in [-0.15, -0.1) is 11.3 Å². The molecule has 0 N–H and O–H groups in total. The summed E-state index contributed by atoms with van der Waals surface area (Å²) in [5, 5.41) is 2.79. The SMILES string of the molecule is Cc1csc(=O)n1CC(=O)N1CCCC1c1nc2ccccc2s1. The number of para-hydroxylation sites is 1. The Labute approximate surface area is 147 Å². The van der Waals surface area contributed by atoms with Crippen molar-refractivity contribution in [2.45, 2.75) is 32.4 Å². The second-order valence-corrected chi connectivity index (χ2v) is 7.88. The van der Waals surface area contributed by atoms with Crippen LogP contribution in [0.3, 0.4) is 0 Å². The van der Waals surface area contributed by atoms with Crippen LogP contribution in [0.4, 0.5) is 0 Å². The maximum atomic E-state index is 12.8. The summed E-state index contributed by atoms with van der Waals surface area (Å²) in [5.74, 6) is 0.000330. The number of aryl methyl sites for hydroxylation is 1. The number of carbonyl (C=O) groups is 1. The van der Waals surface area contributed by atoms with Gasteiger partial charge in [0.2, 0.25) is 5.91 Å². The van der Waals surface area contributed by atoms with E-state index in [0.717, 1.165) is 51.6 Å². The molecule has 0 spiro atoms. The van der Waals surface area contributed by atoms with Gasteiger partial charge in [-0.3, -0.25) is 14.2 Å². The molecule has 2 aromatic heterocycles. The Kier molecular flexibility index (Phi) is 3.97. The fourth-order valence-electron chi connectivity index (χ4n) is 3.18. The van der Waals surface area contributed by atoms with Gasteiger partial charge >= 0.3 is 4.87 Å². The predicted molar refractivity (Wildman–Crippen MR) is 96.6 cm³/mol. The Morgan fingerprint density at radius 1 is 1.38 bits per heavy atom. The maximum absolute atomic E-state index is 12.8. The summed E-state index contributed by atoms with van der Waals surface area (Å²) in [6.45, 7) is 2.72.